The smallest absolute Gasteiger partial charge is 0.164 e. The summed E-state index contributed by atoms with van der Waals surface area (Å²) in [5, 5.41) is 4.13. The molecule has 0 saturated heterocycles. The third-order valence-corrected chi connectivity index (χ3v) is 8.72. The van der Waals surface area contributed by atoms with Crippen LogP contribution >= 0.6 is 0 Å². The zero-order valence-electron chi connectivity index (χ0n) is 25.3. The van der Waals surface area contributed by atoms with Crippen LogP contribution in [-0.4, -0.2) is 15.0 Å². The summed E-state index contributed by atoms with van der Waals surface area (Å²) in [7, 11) is 0. The molecule has 9 aromatic rings. The van der Waals surface area contributed by atoms with Crippen molar-refractivity contribution in [1.82, 2.24) is 15.0 Å². The maximum Gasteiger partial charge on any atom is 0.164 e. The van der Waals surface area contributed by atoms with Crippen LogP contribution < -0.4 is 0 Å². The fourth-order valence-electron chi connectivity index (χ4n) is 6.40. The number of nitrogens with zero attached hydrogens (tertiary/aromatic N) is 3. The predicted octanol–water partition coefficient (Wildman–Crippen LogP) is 11.3. The second kappa shape index (κ2) is 11.2. The predicted molar refractivity (Wildman–Crippen MR) is 192 cm³/mol. The van der Waals surface area contributed by atoms with Gasteiger partial charge in [-0.05, 0) is 51.9 Å². The lowest BCUT2D eigenvalue weighted by Gasteiger charge is -2.11. The van der Waals surface area contributed by atoms with Crippen molar-refractivity contribution in [1.29, 1.82) is 0 Å². The van der Waals surface area contributed by atoms with Crippen molar-refractivity contribution in [2.24, 2.45) is 0 Å². The van der Waals surface area contributed by atoms with Crippen LogP contribution in [-0.2, 0) is 0 Å². The van der Waals surface area contributed by atoms with Crippen molar-refractivity contribution in [3.63, 3.8) is 0 Å². The van der Waals surface area contributed by atoms with Gasteiger partial charge in [-0.25, -0.2) is 15.0 Å². The molecule has 0 spiro atoms. The average molecular weight is 602 g/mol. The molecule has 7 aromatic carbocycles. The van der Waals surface area contributed by atoms with Gasteiger partial charge in [0.2, 0.25) is 0 Å². The van der Waals surface area contributed by atoms with E-state index in [9.17, 15) is 0 Å². The van der Waals surface area contributed by atoms with Crippen molar-refractivity contribution >= 4 is 32.7 Å². The zero-order valence-corrected chi connectivity index (χ0v) is 25.3. The zero-order chi connectivity index (χ0) is 31.2. The Kier molecular flexibility index (Phi) is 6.43. The van der Waals surface area contributed by atoms with Gasteiger partial charge < -0.3 is 4.42 Å². The summed E-state index contributed by atoms with van der Waals surface area (Å²) in [6.45, 7) is 0. The molecule has 47 heavy (non-hydrogen) atoms. The van der Waals surface area contributed by atoms with Gasteiger partial charge in [0, 0.05) is 32.8 Å². The van der Waals surface area contributed by atoms with Gasteiger partial charge in [0.05, 0.1) is 0 Å². The molecule has 0 unspecified atom stereocenters. The van der Waals surface area contributed by atoms with E-state index < -0.39 is 0 Å². The van der Waals surface area contributed by atoms with Crippen LogP contribution in [0.2, 0.25) is 0 Å². The largest absolute Gasteiger partial charge is 0.455 e. The maximum atomic E-state index is 6.61. The Morgan fingerprint density at radius 1 is 0.319 bits per heavy atom. The highest BCUT2D eigenvalue weighted by Gasteiger charge is 2.19. The van der Waals surface area contributed by atoms with Gasteiger partial charge in [0.1, 0.15) is 11.2 Å². The van der Waals surface area contributed by atoms with Crippen LogP contribution in [0.3, 0.4) is 0 Å². The van der Waals surface area contributed by atoms with E-state index in [0.29, 0.717) is 17.5 Å². The van der Waals surface area contributed by atoms with Crippen molar-refractivity contribution in [2.75, 3.05) is 0 Å². The van der Waals surface area contributed by atoms with E-state index in [1.54, 1.807) is 0 Å². The minimum atomic E-state index is 0.618. The van der Waals surface area contributed by atoms with Crippen LogP contribution in [0.1, 0.15) is 0 Å². The SMILES string of the molecule is c1ccc(-c2cccc(-c3nc(-c4ccccc4)nc(-c4cc5c6ccc(-c7ccccc7)cc6oc5c5ccccc45)n3)c2)cc1. The van der Waals surface area contributed by atoms with Gasteiger partial charge in [0.25, 0.3) is 0 Å². The summed E-state index contributed by atoms with van der Waals surface area (Å²) in [6, 6.07) is 56.2. The normalized spacial score (nSPS) is 11.4. The lowest BCUT2D eigenvalue weighted by atomic mass is 9.98. The van der Waals surface area contributed by atoms with Gasteiger partial charge in [-0.3, -0.25) is 0 Å². The lowest BCUT2D eigenvalue weighted by molar-refractivity contribution is 0.673. The highest BCUT2D eigenvalue weighted by molar-refractivity contribution is 6.19. The molecular formula is C43H27N3O. The molecule has 0 aliphatic rings. The van der Waals surface area contributed by atoms with E-state index in [0.717, 1.165) is 71.7 Å². The molecule has 220 valence electrons. The topological polar surface area (TPSA) is 51.8 Å². The van der Waals surface area contributed by atoms with Gasteiger partial charge in [-0.15, -0.1) is 0 Å². The molecule has 2 heterocycles. The Morgan fingerprint density at radius 2 is 0.851 bits per heavy atom. The molecule has 4 heteroatoms. The second-order valence-electron chi connectivity index (χ2n) is 11.6. The first-order valence-electron chi connectivity index (χ1n) is 15.7. The summed E-state index contributed by atoms with van der Waals surface area (Å²) in [5.74, 6) is 1.87. The quantitative estimate of drug-likeness (QED) is 0.197. The Morgan fingerprint density at radius 3 is 1.55 bits per heavy atom. The number of hydrogen-bond acceptors (Lipinski definition) is 4. The Labute approximate surface area is 271 Å². The number of fused-ring (bicyclic) bond motifs is 5. The Bertz CT molecular complexity index is 2560. The molecule has 0 aliphatic heterocycles. The van der Waals surface area contributed by atoms with E-state index in [1.165, 1.54) is 0 Å². The van der Waals surface area contributed by atoms with Crippen molar-refractivity contribution in [2.45, 2.75) is 0 Å². The third kappa shape index (κ3) is 4.84. The molecule has 0 radical (unpaired) electrons. The summed E-state index contributed by atoms with van der Waals surface area (Å²) < 4.78 is 6.61. The summed E-state index contributed by atoms with van der Waals surface area (Å²) in [6.07, 6.45) is 0. The van der Waals surface area contributed by atoms with Gasteiger partial charge in [-0.2, -0.15) is 0 Å². The van der Waals surface area contributed by atoms with E-state index >= 15 is 0 Å². The number of hydrogen-bond donors (Lipinski definition) is 0. The van der Waals surface area contributed by atoms with Crippen molar-refractivity contribution < 1.29 is 4.42 Å². The number of benzene rings is 7. The van der Waals surface area contributed by atoms with Crippen molar-refractivity contribution in [3.8, 4) is 56.4 Å². The standard InChI is InChI=1S/C43H27N3O/c1-4-13-28(14-5-1)31-19-12-20-33(25-31)42-44-41(30-17-8-3-9-18-30)45-43(46-42)38-27-37-35-24-23-32(29-15-6-2-7-16-29)26-39(35)47-40(37)36-22-11-10-21-34(36)38/h1-27H. The van der Waals surface area contributed by atoms with Crippen LogP contribution in [0.5, 0.6) is 0 Å². The summed E-state index contributed by atoms with van der Waals surface area (Å²) in [5.41, 5.74) is 9.04. The van der Waals surface area contributed by atoms with Gasteiger partial charge in [0.15, 0.2) is 17.5 Å². The van der Waals surface area contributed by atoms with E-state index in [2.05, 4.69) is 121 Å². The summed E-state index contributed by atoms with van der Waals surface area (Å²) in [4.78, 5) is 15.3. The number of furan rings is 1. The van der Waals surface area contributed by atoms with E-state index in [-0.39, 0.29) is 0 Å². The molecule has 0 saturated carbocycles. The first kappa shape index (κ1) is 27.0. The van der Waals surface area contributed by atoms with Gasteiger partial charge >= 0.3 is 0 Å². The van der Waals surface area contributed by atoms with Crippen LogP contribution in [0.15, 0.2) is 168 Å². The van der Waals surface area contributed by atoms with Crippen LogP contribution in [0, 0.1) is 0 Å². The van der Waals surface area contributed by atoms with Crippen molar-refractivity contribution in [3.05, 3.63) is 164 Å². The fraction of sp³-hybridized carbons (Fsp3) is 0. The van der Waals surface area contributed by atoms with E-state index in [1.807, 2.05) is 42.5 Å². The molecule has 9 rings (SSSR count). The molecule has 0 atom stereocenters. The number of rotatable bonds is 5. The molecule has 0 aliphatic carbocycles. The molecule has 4 nitrogen and oxygen atoms in total. The maximum absolute atomic E-state index is 6.61. The van der Waals surface area contributed by atoms with Crippen LogP contribution in [0.4, 0.5) is 0 Å². The molecule has 0 fully saturated rings. The Balaban J connectivity index is 1.27. The molecule has 0 amide bonds. The third-order valence-electron chi connectivity index (χ3n) is 8.72. The van der Waals surface area contributed by atoms with Gasteiger partial charge in [-0.1, -0.05) is 140 Å². The minimum absolute atomic E-state index is 0.618. The second-order valence-corrected chi connectivity index (χ2v) is 11.6. The van der Waals surface area contributed by atoms with E-state index in [4.69, 9.17) is 19.4 Å². The monoisotopic (exact) mass is 601 g/mol. The molecule has 0 N–H and O–H groups in total. The number of aromatic nitrogens is 3. The molecule has 0 bridgehead atoms. The molecular weight excluding hydrogens is 574 g/mol. The lowest BCUT2D eigenvalue weighted by Crippen LogP contribution is -2.00. The molecule has 2 aromatic heterocycles. The Hall–Kier alpha value is -6.39. The highest BCUT2D eigenvalue weighted by Crippen LogP contribution is 2.40. The van der Waals surface area contributed by atoms with Crippen LogP contribution in [0.25, 0.3) is 89.1 Å². The fourth-order valence-corrected chi connectivity index (χ4v) is 6.40. The average Bonchev–Trinajstić information content (AvgIpc) is 3.53. The highest BCUT2D eigenvalue weighted by atomic mass is 16.3. The minimum Gasteiger partial charge on any atom is -0.455 e. The first-order valence-corrected chi connectivity index (χ1v) is 15.7. The first-order chi connectivity index (χ1) is 23.3. The summed E-state index contributed by atoms with van der Waals surface area (Å²) >= 11 is 0.